The Balaban J connectivity index is 1.53. The third-order valence-corrected chi connectivity index (χ3v) is 7.44. The zero-order chi connectivity index (χ0) is 23.4. The first-order valence-electron chi connectivity index (χ1n) is 10.4. The number of thioether (sulfide) groups is 1. The number of benzene rings is 2. The van der Waals surface area contributed by atoms with Crippen molar-refractivity contribution in [2.45, 2.75) is 25.6 Å². The lowest BCUT2D eigenvalue weighted by atomic mass is 10.1. The Kier molecular flexibility index (Phi) is 7.71. The molecule has 0 unspecified atom stereocenters. The van der Waals surface area contributed by atoms with Crippen LogP contribution in [0.2, 0.25) is 0 Å². The van der Waals surface area contributed by atoms with Gasteiger partial charge in [0.25, 0.3) is 5.91 Å². The van der Waals surface area contributed by atoms with Gasteiger partial charge in [-0.3, -0.25) is 9.69 Å². The molecule has 0 aromatic heterocycles. The predicted octanol–water partition coefficient (Wildman–Crippen LogP) is 5.29. The zero-order valence-electron chi connectivity index (χ0n) is 17.9. The molecule has 4 rings (SSSR count). The maximum absolute atomic E-state index is 13.0. The lowest BCUT2D eigenvalue weighted by molar-refractivity contribution is -0.123. The number of hydrogen-bond donors (Lipinski definition) is 0. The van der Waals surface area contributed by atoms with E-state index in [-0.39, 0.29) is 18.6 Å². The number of carbonyl (C=O) groups excluding carboxylic acids is 1. The molecule has 2 saturated heterocycles. The van der Waals surface area contributed by atoms with E-state index < -0.39 is 0 Å². The van der Waals surface area contributed by atoms with Crippen molar-refractivity contribution in [3.63, 3.8) is 0 Å². The first-order valence-corrected chi connectivity index (χ1v) is 12.4. The van der Waals surface area contributed by atoms with Gasteiger partial charge in [-0.05, 0) is 42.7 Å². The molecule has 33 heavy (non-hydrogen) atoms. The van der Waals surface area contributed by atoms with Crippen LogP contribution in [-0.4, -0.2) is 41.5 Å². The Morgan fingerprint density at radius 3 is 2.91 bits per heavy atom. The first kappa shape index (κ1) is 23.8. The summed E-state index contributed by atoms with van der Waals surface area (Å²) in [4.78, 5) is 15.1. The second-order valence-electron chi connectivity index (χ2n) is 7.51. The number of halogens is 1. The third kappa shape index (κ3) is 5.41. The second kappa shape index (κ2) is 10.7. The second-order valence-corrected chi connectivity index (χ2v) is 10.0. The summed E-state index contributed by atoms with van der Waals surface area (Å²) in [5, 5.41) is 9.28. The van der Waals surface area contributed by atoms with Crippen LogP contribution in [0.4, 0.5) is 0 Å². The van der Waals surface area contributed by atoms with E-state index in [4.69, 9.17) is 26.4 Å². The van der Waals surface area contributed by atoms with Crippen molar-refractivity contribution in [2.75, 3.05) is 20.3 Å². The van der Waals surface area contributed by atoms with Crippen molar-refractivity contribution < 1.29 is 19.0 Å². The number of hydrogen-bond acceptors (Lipinski definition) is 7. The largest absolute Gasteiger partial charge is 0.493 e. The molecule has 2 aliphatic rings. The highest BCUT2D eigenvalue weighted by Gasteiger charge is 2.34. The molecule has 170 valence electrons. The maximum atomic E-state index is 13.0. The molecule has 0 saturated carbocycles. The fraction of sp³-hybridized carbons (Fsp3) is 0.292. The van der Waals surface area contributed by atoms with Gasteiger partial charge in [-0.15, -0.1) is 0 Å². The average molecular weight is 545 g/mol. The van der Waals surface area contributed by atoms with E-state index in [1.807, 2.05) is 24.3 Å². The van der Waals surface area contributed by atoms with Gasteiger partial charge in [0.05, 0.1) is 36.3 Å². The van der Waals surface area contributed by atoms with Gasteiger partial charge in [0.15, 0.2) is 11.5 Å². The standard InChI is InChI=1S/C24H21BrN2O4S2/c1-29-20-9-17(10-22-23(28)27(24(32)33-22)13-18-7-4-8-30-18)19(25)11-21(20)31-14-16-6-3-2-5-15(16)12-26/h2-3,5-6,9-11,18H,4,7-8,13-14H2,1H3/b22-10-/t18-/m1/s1. The molecule has 1 amide bonds. The predicted molar refractivity (Wildman–Crippen MR) is 135 cm³/mol. The fourth-order valence-electron chi connectivity index (χ4n) is 3.64. The van der Waals surface area contributed by atoms with Crippen LogP contribution >= 0.6 is 39.9 Å². The summed E-state index contributed by atoms with van der Waals surface area (Å²) in [5.41, 5.74) is 2.13. The fourth-order valence-corrected chi connectivity index (χ4v) is 5.34. The number of methoxy groups -OCH3 is 1. The normalized spacial score (nSPS) is 19.2. The smallest absolute Gasteiger partial charge is 0.266 e. The van der Waals surface area contributed by atoms with Gasteiger partial charge in [0.1, 0.15) is 10.9 Å². The van der Waals surface area contributed by atoms with E-state index in [2.05, 4.69) is 22.0 Å². The number of ether oxygens (including phenoxy) is 3. The molecule has 2 aliphatic heterocycles. The molecule has 0 radical (unpaired) electrons. The van der Waals surface area contributed by atoms with Gasteiger partial charge in [0.2, 0.25) is 0 Å². The lowest BCUT2D eigenvalue weighted by Gasteiger charge is -2.18. The van der Waals surface area contributed by atoms with Gasteiger partial charge in [0, 0.05) is 16.6 Å². The van der Waals surface area contributed by atoms with E-state index in [0.717, 1.165) is 35.0 Å². The van der Waals surface area contributed by atoms with E-state index >= 15 is 0 Å². The van der Waals surface area contributed by atoms with Crippen molar-refractivity contribution in [3.8, 4) is 17.6 Å². The SMILES string of the molecule is COc1cc(/C=C2\SC(=S)N(C[C@H]3CCCO3)C2=O)c(Br)cc1OCc1ccccc1C#N. The molecule has 9 heteroatoms. The highest BCUT2D eigenvalue weighted by atomic mass is 79.9. The Morgan fingerprint density at radius 1 is 1.36 bits per heavy atom. The number of carbonyl (C=O) groups is 1. The molecule has 2 fully saturated rings. The van der Waals surface area contributed by atoms with E-state index in [1.54, 1.807) is 30.2 Å². The number of thiocarbonyl (C=S) groups is 1. The molecule has 2 heterocycles. The van der Waals surface area contributed by atoms with Crippen LogP contribution in [0.25, 0.3) is 6.08 Å². The molecular weight excluding hydrogens is 524 g/mol. The van der Waals surface area contributed by atoms with Gasteiger partial charge >= 0.3 is 0 Å². The van der Waals surface area contributed by atoms with E-state index in [9.17, 15) is 10.1 Å². The monoisotopic (exact) mass is 544 g/mol. The molecular formula is C24H21BrN2O4S2. The summed E-state index contributed by atoms with van der Waals surface area (Å²) >= 11 is 10.3. The molecule has 2 aromatic carbocycles. The van der Waals surface area contributed by atoms with Crippen LogP contribution in [0.5, 0.6) is 11.5 Å². The summed E-state index contributed by atoms with van der Waals surface area (Å²) < 4.78 is 18.4. The molecule has 6 nitrogen and oxygen atoms in total. The molecule has 0 bridgehead atoms. The minimum absolute atomic E-state index is 0.0428. The number of nitrogens with zero attached hydrogens (tertiary/aromatic N) is 2. The highest BCUT2D eigenvalue weighted by molar-refractivity contribution is 9.10. The van der Waals surface area contributed by atoms with Crippen molar-refractivity contribution in [2.24, 2.45) is 0 Å². The van der Waals surface area contributed by atoms with Gasteiger partial charge < -0.3 is 14.2 Å². The van der Waals surface area contributed by atoms with Crippen LogP contribution in [0.15, 0.2) is 45.8 Å². The molecule has 0 spiro atoms. The van der Waals surface area contributed by atoms with Crippen LogP contribution in [0.1, 0.15) is 29.5 Å². The van der Waals surface area contributed by atoms with Crippen molar-refractivity contribution in [1.29, 1.82) is 5.26 Å². The molecule has 0 aliphatic carbocycles. The summed E-state index contributed by atoms with van der Waals surface area (Å²) in [6, 6.07) is 13.1. The average Bonchev–Trinajstić information content (AvgIpc) is 3.43. The number of nitriles is 1. The minimum atomic E-state index is -0.111. The quantitative estimate of drug-likeness (QED) is 0.346. The van der Waals surface area contributed by atoms with Crippen molar-refractivity contribution in [3.05, 3.63) is 62.5 Å². The summed E-state index contributed by atoms with van der Waals surface area (Å²) in [6.45, 7) is 1.45. The molecule has 0 N–H and O–H groups in total. The summed E-state index contributed by atoms with van der Waals surface area (Å²) in [7, 11) is 1.56. The van der Waals surface area contributed by atoms with E-state index in [1.165, 1.54) is 11.8 Å². The number of amides is 1. The Hall–Kier alpha value is -2.38. The molecule has 2 aromatic rings. The van der Waals surface area contributed by atoms with Gasteiger partial charge in [-0.2, -0.15) is 5.26 Å². The lowest BCUT2D eigenvalue weighted by Crippen LogP contribution is -2.35. The van der Waals surface area contributed by atoms with Crippen molar-refractivity contribution >= 4 is 56.2 Å². The zero-order valence-corrected chi connectivity index (χ0v) is 21.1. The Bertz CT molecular complexity index is 1160. The summed E-state index contributed by atoms with van der Waals surface area (Å²) in [6.07, 6.45) is 3.80. The highest BCUT2D eigenvalue weighted by Crippen LogP contribution is 2.38. The Morgan fingerprint density at radius 2 is 2.18 bits per heavy atom. The maximum Gasteiger partial charge on any atom is 0.266 e. The topological polar surface area (TPSA) is 71.8 Å². The van der Waals surface area contributed by atoms with Crippen LogP contribution in [-0.2, 0) is 16.1 Å². The summed E-state index contributed by atoms with van der Waals surface area (Å²) in [5.74, 6) is 0.939. The first-order chi connectivity index (χ1) is 16.0. The molecule has 1 atom stereocenters. The van der Waals surface area contributed by atoms with Crippen LogP contribution < -0.4 is 9.47 Å². The Labute approximate surface area is 210 Å². The van der Waals surface area contributed by atoms with Crippen molar-refractivity contribution in [1.82, 2.24) is 4.90 Å². The van der Waals surface area contributed by atoms with E-state index in [0.29, 0.717) is 32.8 Å². The van der Waals surface area contributed by atoms with Crippen LogP contribution in [0.3, 0.4) is 0 Å². The third-order valence-electron chi connectivity index (χ3n) is 5.37. The van der Waals surface area contributed by atoms with Gasteiger partial charge in [-0.1, -0.05) is 58.1 Å². The van der Waals surface area contributed by atoms with Crippen LogP contribution in [0, 0.1) is 11.3 Å². The number of rotatable bonds is 7. The minimum Gasteiger partial charge on any atom is -0.493 e. The van der Waals surface area contributed by atoms with Gasteiger partial charge in [-0.25, -0.2) is 0 Å².